The van der Waals surface area contributed by atoms with Crippen molar-refractivity contribution in [2.75, 3.05) is 6.16 Å². The second-order valence-electron chi connectivity index (χ2n) is 6.48. The highest BCUT2D eigenvalue weighted by Crippen LogP contribution is 2.59. The van der Waals surface area contributed by atoms with Crippen LogP contribution in [0.2, 0.25) is 0 Å². The Hall–Kier alpha value is -0.000130. The molecular weight excluding hydrogens is 337 g/mol. The Morgan fingerprint density at radius 3 is 0.864 bits per heavy atom. The average Bonchev–Trinajstić information content (AvgIpc) is 2.04. The minimum atomic E-state index is -6.00. The van der Waals surface area contributed by atoms with E-state index in [4.69, 9.17) is 0 Å². The van der Waals surface area contributed by atoms with Gasteiger partial charge in [-0.25, -0.2) is 0 Å². The van der Waals surface area contributed by atoms with Gasteiger partial charge in [-0.2, -0.15) is 0 Å². The minimum absolute atomic E-state index is 0.157. The summed E-state index contributed by atoms with van der Waals surface area (Å²) >= 11 is 0. The zero-order chi connectivity index (χ0) is 19.0. The zero-order valence-corrected chi connectivity index (χ0v) is 14.9. The summed E-state index contributed by atoms with van der Waals surface area (Å²) in [5, 5.41) is 1.03. The molecule has 0 nitrogen and oxygen atoms in total. The molecule has 0 aliphatic carbocycles. The lowest BCUT2D eigenvalue weighted by Crippen LogP contribution is -2.26. The van der Waals surface area contributed by atoms with Gasteiger partial charge in [0.15, 0.2) is 0 Å². The van der Waals surface area contributed by atoms with E-state index in [1.807, 2.05) is 0 Å². The standard InChI is InChI=1S/C11H25P.2BF4/c1-8-9-12(10(2,3)4)11(5,6)7;2*2-1(3,4)5/h8-9H2,1-7H3;;/q;2*-1. The zero-order valence-electron chi connectivity index (χ0n) is 14.0. The van der Waals surface area contributed by atoms with E-state index in [1.54, 1.807) is 0 Å². The third-order valence-electron chi connectivity index (χ3n) is 2.07. The van der Waals surface area contributed by atoms with Crippen LogP contribution < -0.4 is 0 Å². The second kappa shape index (κ2) is 9.99. The summed E-state index contributed by atoms with van der Waals surface area (Å²) in [7, 11) is -11.8. The molecule has 0 saturated heterocycles. The molecule has 0 aromatic carbocycles. The van der Waals surface area contributed by atoms with Gasteiger partial charge < -0.3 is 34.5 Å². The quantitative estimate of drug-likeness (QED) is 0.280. The highest BCUT2D eigenvalue weighted by Gasteiger charge is 2.32. The first-order valence-corrected chi connectivity index (χ1v) is 8.24. The maximum atomic E-state index is 9.75. The Kier molecular flexibility index (Phi) is 12.2. The Labute approximate surface area is 129 Å². The van der Waals surface area contributed by atoms with Crippen molar-refractivity contribution >= 4 is 22.4 Å². The molecule has 0 amide bonds. The van der Waals surface area contributed by atoms with E-state index in [0.29, 0.717) is 10.3 Å². The van der Waals surface area contributed by atoms with Gasteiger partial charge in [0, 0.05) is 0 Å². The molecule has 0 fully saturated rings. The maximum absolute atomic E-state index is 9.75. The van der Waals surface area contributed by atoms with Crippen LogP contribution in [0.4, 0.5) is 34.5 Å². The van der Waals surface area contributed by atoms with E-state index in [2.05, 4.69) is 48.5 Å². The molecule has 0 saturated carbocycles. The predicted molar refractivity (Wildman–Crippen MR) is 82.0 cm³/mol. The third-order valence-corrected chi connectivity index (χ3v) is 6.20. The summed E-state index contributed by atoms with van der Waals surface area (Å²) in [6.07, 6.45) is 2.75. The average molecular weight is 362 g/mol. The first kappa shape index (κ1) is 26.9. The Bertz CT molecular complexity index is 240. The van der Waals surface area contributed by atoms with Crippen molar-refractivity contribution in [2.24, 2.45) is 0 Å². The van der Waals surface area contributed by atoms with Crippen LogP contribution in [0, 0.1) is 0 Å². The molecule has 0 radical (unpaired) electrons. The highest BCUT2D eigenvalue weighted by atomic mass is 31.1. The minimum Gasteiger partial charge on any atom is -0.418 e. The smallest absolute Gasteiger partial charge is 0.418 e. The largest absolute Gasteiger partial charge is 0.673 e. The van der Waals surface area contributed by atoms with Crippen molar-refractivity contribution in [1.29, 1.82) is 0 Å². The van der Waals surface area contributed by atoms with Gasteiger partial charge in [0.25, 0.3) is 0 Å². The summed E-state index contributed by atoms with van der Waals surface area (Å²) in [5.41, 5.74) is 0. The van der Waals surface area contributed by atoms with Crippen molar-refractivity contribution in [3.63, 3.8) is 0 Å². The lowest BCUT2D eigenvalue weighted by atomic mass is 10.2. The topological polar surface area (TPSA) is 0 Å². The highest BCUT2D eigenvalue weighted by molar-refractivity contribution is 7.60. The molecule has 22 heavy (non-hydrogen) atoms. The molecule has 11 heteroatoms. The van der Waals surface area contributed by atoms with E-state index in [9.17, 15) is 34.5 Å². The summed E-state index contributed by atoms with van der Waals surface area (Å²) in [4.78, 5) is 0. The fourth-order valence-electron chi connectivity index (χ4n) is 1.90. The van der Waals surface area contributed by atoms with Crippen LogP contribution in [0.15, 0.2) is 0 Å². The van der Waals surface area contributed by atoms with Crippen LogP contribution in [0.25, 0.3) is 0 Å². The fraction of sp³-hybridized carbons (Fsp3) is 1.00. The van der Waals surface area contributed by atoms with Crippen LogP contribution in [-0.4, -0.2) is 31.0 Å². The second-order valence-corrected chi connectivity index (χ2v) is 10.5. The van der Waals surface area contributed by atoms with Crippen molar-refractivity contribution in [2.45, 2.75) is 65.2 Å². The molecule has 0 unspecified atom stereocenters. The van der Waals surface area contributed by atoms with Gasteiger partial charge in [-0.05, 0) is 16.5 Å². The van der Waals surface area contributed by atoms with E-state index in [-0.39, 0.29) is 7.92 Å². The van der Waals surface area contributed by atoms with Gasteiger partial charge in [-0.1, -0.05) is 62.8 Å². The molecule has 0 spiro atoms. The van der Waals surface area contributed by atoms with Gasteiger partial charge in [-0.3, -0.25) is 0 Å². The molecule has 0 N–H and O–H groups in total. The monoisotopic (exact) mass is 362 g/mol. The van der Waals surface area contributed by atoms with Gasteiger partial charge in [0.2, 0.25) is 0 Å². The third kappa shape index (κ3) is 32.1. The molecule has 0 aromatic rings. The fourth-order valence-corrected chi connectivity index (χ4v) is 5.70. The van der Waals surface area contributed by atoms with Gasteiger partial charge in [0.1, 0.15) is 0 Å². The van der Waals surface area contributed by atoms with E-state index < -0.39 is 14.5 Å². The van der Waals surface area contributed by atoms with E-state index in [0.717, 1.165) is 0 Å². The number of hydrogen-bond acceptors (Lipinski definition) is 0. The molecule has 0 rings (SSSR count). The van der Waals surface area contributed by atoms with Gasteiger partial charge >= 0.3 is 14.5 Å². The van der Waals surface area contributed by atoms with Crippen LogP contribution >= 0.6 is 7.92 Å². The van der Waals surface area contributed by atoms with Crippen molar-refractivity contribution in [3.8, 4) is 0 Å². The van der Waals surface area contributed by atoms with Crippen LogP contribution in [-0.2, 0) is 0 Å². The Balaban J connectivity index is -0.000000298. The normalized spacial score (nSPS) is 13.1. The first-order valence-electron chi connectivity index (χ1n) is 6.72. The van der Waals surface area contributed by atoms with Crippen LogP contribution in [0.5, 0.6) is 0 Å². The maximum Gasteiger partial charge on any atom is 0.673 e. The summed E-state index contributed by atoms with van der Waals surface area (Å²) in [5.74, 6) is 0. The van der Waals surface area contributed by atoms with Crippen molar-refractivity contribution in [3.05, 3.63) is 0 Å². The van der Waals surface area contributed by atoms with Crippen molar-refractivity contribution < 1.29 is 34.5 Å². The van der Waals surface area contributed by atoms with E-state index in [1.165, 1.54) is 12.6 Å². The number of hydrogen-bond donors (Lipinski definition) is 0. The number of halogens is 8. The molecule has 138 valence electrons. The molecule has 0 aliphatic heterocycles. The van der Waals surface area contributed by atoms with Gasteiger partial charge in [-0.15, -0.1) is 0 Å². The summed E-state index contributed by atoms with van der Waals surface area (Å²) < 4.78 is 78.0. The molecule has 0 aromatic heterocycles. The Morgan fingerprint density at radius 1 is 0.636 bits per heavy atom. The molecule has 0 heterocycles. The van der Waals surface area contributed by atoms with Crippen LogP contribution in [0.1, 0.15) is 54.9 Å². The summed E-state index contributed by atoms with van der Waals surface area (Å²) in [6.45, 7) is 16.6. The lowest BCUT2D eigenvalue weighted by Gasteiger charge is -2.41. The lowest BCUT2D eigenvalue weighted by molar-refractivity contribution is 0.366. The van der Waals surface area contributed by atoms with Gasteiger partial charge in [0.05, 0.1) is 0 Å². The number of rotatable bonds is 2. The molecule has 0 bridgehead atoms. The predicted octanol–water partition coefficient (Wildman–Crippen LogP) is 7.08. The first-order chi connectivity index (χ1) is 9.19. The molecule has 0 aliphatic rings. The van der Waals surface area contributed by atoms with Crippen LogP contribution in [0.3, 0.4) is 0 Å². The SMILES string of the molecule is CCCP(C(C)(C)C)C(C)(C)C.F[B-](F)(F)F.F[B-](F)(F)F. The summed E-state index contributed by atoms with van der Waals surface area (Å²) in [6, 6.07) is 0. The molecule has 0 atom stereocenters. The molecular formula is C11H25B2F8P-2. The van der Waals surface area contributed by atoms with Crippen molar-refractivity contribution in [1.82, 2.24) is 0 Å². The van der Waals surface area contributed by atoms with E-state index >= 15 is 0 Å². The Morgan fingerprint density at radius 2 is 0.818 bits per heavy atom.